The molecule has 0 N–H and O–H groups in total. The van der Waals surface area contributed by atoms with E-state index in [1.54, 1.807) is 16.9 Å². The minimum atomic E-state index is -0.463. The highest BCUT2D eigenvalue weighted by atomic mass is 16.6. The topological polar surface area (TPSA) is 96.0 Å². The van der Waals surface area contributed by atoms with Crippen molar-refractivity contribution in [2.24, 2.45) is 0 Å². The number of nitro benzene ring substituents is 1. The molecule has 0 spiro atoms. The molecule has 3 rings (SSSR count). The molecule has 8 nitrogen and oxygen atoms in total. The van der Waals surface area contributed by atoms with E-state index in [4.69, 9.17) is 4.74 Å². The standard InChI is InChI=1S/C15H13N5O3/c1-10-9-11(2)19(18-10)15-16-8-7-14(17-15)23-13-5-3-12(4-6-13)20(21)22/h3-9H,1-2H3. The lowest BCUT2D eigenvalue weighted by Gasteiger charge is -2.06. The fourth-order valence-electron chi connectivity index (χ4n) is 2.08. The molecule has 0 saturated heterocycles. The molecule has 0 bridgehead atoms. The van der Waals surface area contributed by atoms with E-state index in [9.17, 15) is 10.1 Å². The van der Waals surface area contributed by atoms with Crippen LogP contribution in [0.15, 0.2) is 42.6 Å². The van der Waals surface area contributed by atoms with Crippen molar-refractivity contribution >= 4 is 5.69 Å². The summed E-state index contributed by atoms with van der Waals surface area (Å²) in [4.78, 5) is 18.7. The molecule has 3 aromatic rings. The quantitative estimate of drug-likeness (QED) is 0.543. The first kappa shape index (κ1) is 14.6. The zero-order valence-corrected chi connectivity index (χ0v) is 12.5. The van der Waals surface area contributed by atoms with Crippen molar-refractivity contribution in [2.45, 2.75) is 13.8 Å². The number of hydrogen-bond acceptors (Lipinski definition) is 6. The summed E-state index contributed by atoms with van der Waals surface area (Å²) in [5.41, 5.74) is 1.78. The fraction of sp³-hybridized carbons (Fsp3) is 0.133. The van der Waals surface area contributed by atoms with Gasteiger partial charge in [-0.25, -0.2) is 9.67 Å². The maximum atomic E-state index is 10.6. The summed E-state index contributed by atoms with van der Waals surface area (Å²) < 4.78 is 7.23. The highest BCUT2D eigenvalue weighted by Crippen LogP contribution is 2.22. The van der Waals surface area contributed by atoms with Crippen LogP contribution in [0.2, 0.25) is 0 Å². The Morgan fingerprint density at radius 1 is 1.17 bits per heavy atom. The van der Waals surface area contributed by atoms with E-state index in [2.05, 4.69) is 15.1 Å². The van der Waals surface area contributed by atoms with Crippen molar-refractivity contribution in [1.82, 2.24) is 19.7 Å². The van der Waals surface area contributed by atoms with Crippen molar-refractivity contribution in [1.29, 1.82) is 0 Å². The maximum absolute atomic E-state index is 10.6. The van der Waals surface area contributed by atoms with Gasteiger partial charge in [-0.2, -0.15) is 10.1 Å². The Morgan fingerprint density at radius 3 is 2.52 bits per heavy atom. The van der Waals surface area contributed by atoms with E-state index >= 15 is 0 Å². The number of rotatable bonds is 4. The molecule has 2 aromatic heterocycles. The number of aromatic nitrogens is 4. The minimum Gasteiger partial charge on any atom is -0.439 e. The predicted octanol–water partition coefficient (Wildman–Crippen LogP) is 2.98. The van der Waals surface area contributed by atoms with Crippen LogP contribution in [0.4, 0.5) is 5.69 Å². The van der Waals surface area contributed by atoms with Gasteiger partial charge >= 0.3 is 0 Å². The van der Waals surface area contributed by atoms with Crippen molar-refractivity contribution < 1.29 is 9.66 Å². The zero-order valence-electron chi connectivity index (χ0n) is 12.5. The van der Waals surface area contributed by atoms with Gasteiger partial charge in [0, 0.05) is 30.1 Å². The zero-order chi connectivity index (χ0) is 16.4. The molecule has 8 heteroatoms. The Bertz CT molecular complexity index is 858. The smallest absolute Gasteiger partial charge is 0.269 e. The Morgan fingerprint density at radius 2 is 1.91 bits per heavy atom. The van der Waals surface area contributed by atoms with Gasteiger partial charge in [-0.1, -0.05) is 0 Å². The van der Waals surface area contributed by atoms with Crippen molar-refractivity contribution in [3.63, 3.8) is 0 Å². The number of nitrogens with zero attached hydrogens (tertiary/aromatic N) is 5. The molecule has 0 radical (unpaired) electrons. The number of benzene rings is 1. The number of ether oxygens (including phenoxy) is 1. The van der Waals surface area contributed by atoms with E-state index in [-0.39, 0.29) is 5.69 Å². The van der Waals surface area contributed by atoms with Gasteiger partial charge < -0.3 is 4.74 Å². The molecule has 0 unspecified atom stereocenters. The summed E-state index contributed by atoms with van der Waals surface area (Å²) in [6.45, 7) is 3.80. The Labute approximate surface area is 131 Å². The van der Waals surface area contributed by atoms with Crippen LogP contribution in [0.25, 0.3) is 5.95 Å². The van der Waals surface area contributed by atoms with Crippen LogP contribution in [0.5, 0.6) is 11.6 Å². The molecule has 1 aromatic carbocycles. The molecule has 0 aliphatic heterocycles. The molecule has 0 saturated carbocycles. The summed E-state index contributed by atoms with van der Waals surface area (Å²) in [7, 11) is 0. The van der Waals surface area contributed by atoms with Crippen LogP contribution in [-0.2, 0) is 0 Å². The first-order chi connectivity index (χ1) is 11.0. The lowest BCUT2D eigenvalue weighted by atomic mass is 10.3. The van der Waals surface area contributed by atoms with Gasteiger partial charge in [-0.05, 0) is 32.0 Å². The number of aryl methyl sites for hydroxylation is 2. The third-order valence-electron chi connectivity index (χ3n) is 3.09. The molecule has 116 valence electrons. The van der Waals surface area contributed by atoms with Crippen molar-refractivity contribution in [2.75, 3.05) is 0 Å². The third-order valence-corrected chi connectivity index (χ3v) is 3.09. The predicted molar refractivity (Wildman–Crippen MR) is 81.8 cm³/mol. The van der Waals surface area contributed by atoms with E-state index in [0.29, 0.717) is 17.6 Å². The number of hydrogen-bond donors (Lipinski definition) is 0. The van der Waals surface area contributed by atoms with Crippen LogP contribution in [-0.4, -0.2) is 24.7 Å². The molecule has 2 heterocycles. The largest absolute Gasteiger partial charge is 0.439 e. The maximum Gasteiger partial charge on any atom is 0.269 e. The van der Waals surface area contributed by atoms with E-state index in [0.717, 1.165) is 11.4 Å². The summed E-state index contributed by atoms with van der Waals surface area (Å²) in [5.74, 6) is 1.18. The first-order valence-corrected chi connectivity index (χ1v) is 6.82. The Kier molecular flexibility index (Phi) is 3.71. The average Bonchev–Trinajstić information content (AvgIpc) is 2.87. The molecule has 0 fully saturated rings. The molecular weight excluding hydrogens is 298 g/mol. The fourth-order valence-corrected chi connectivity index (χ4v) is 2.08. The highest BCUT2D eigenvalue weighted by Gasteiger charge is 2.09. The second-order valence-corrected chi connectivity index (χ2v) is 4.89. The minimum absolute atomic E-state index is 0.00312. The first-order valence-electron chi connectivity index (χ1n) is 6.82. The number of non-ortho nitro benzene ring substituents is 1. The highest BCUT2D eigenvalue weighted by molar-refractivity contribution is 5.37. The monoisotopic (exact) mass is 311 g/mol. The molecule has 0 aliphatic carbocycles. The van der Waals surface area contributed by atoms with Crippen LogP contribution in [0.3, 0.4) is 0 Å². The molecule has 0 amide bonds. The second-order valence-electron chi connectivity index (χ2n) is 4.89. The molecule has 0 atom stereocenters. The molecule has 23 heavy (non-hydrogen) atoms. The van der Waals surface area contributed by atoms with Gasteiger partial charge in [-0.15, -0.1) is 0 Å². The summed E-state index contributed by atoms with van der Waals surface area (Å²) in [6, 6.07) is 9.31. The van der Waals surface area contributed by atoms with Gasteiger partial charge in [-0.3, -0.25) is 10.1 Å². The summed E-state index contributed by atoms with van der Waals surface area (Å²) in [5, 5.41) is 15.0. The lowest BCUT2D eigenvalue weighted by molar-refractivity contribution is -0.384. The third kappa shape index (κ3) is 3.15. The van der Waals surface area contributed by atoms with Gasteiger partial charge in [0.2, 0.25) is 5.88 Å². The van der Waals surface area contributed by atoms with Crippen LogP contribution < -0.4 is 4.74 Å². The lowest BCUT2D eigenvalue weighted by Crippen LogP contribution is -2.05. The number of nitro groups is 1. The summed E-state index contributed by atoms with van der Waals surface area (Å²) in [6.07, 6.45) is 1.57. The second kappa shape index (κ2) is 5.84. The molecule has 0 aliphatic rings. The van der Waals surface area contributed by atoms with Gasteiger partial charge in [0.15, 0.2) is 0 Å². The van der Waals surface area contributed by atoms with Crippen molar-refractivity contribution in [3.05, 3.63) is 64.1 Å². The normalized spacial score (nSPS) is 10.5. The van der Waals surface area contributed by atoms with Gasteiger partial charge in [0.1, 0.15) is 5.75 Å². The van der Waals surface area contributed by atoms with Crippen LogP contribution >= 0.6 is 0 Å². The van der Waals surface area contributed by atoms with Gasteiger partial charge in [0.05, 0.1) is 10.6 Å². The molecular formula is C15H13N5O3. The van der Waals surface area contributed by atoms with Crippen LogP contribution in [0.1, 0.15) is 11.4 Å². The Balaban J connectivity index is 1.85. The Hall–Kier alpha value is -3.29. The summed E-state index contributed by atoms with van der Waals surface area (Å²) >= 11 is 0. The van der Waals surface area contributed by atoms with E-state index in [1.807, 2.05) is 19.9 Å². The van der Waals surface area contributed by atoms with Gasteiger partial charge in [0.25, 0.3) is 11.6 Å². The SMILES string of the molecule is Cc1cc(C)n(-c2nccc(Oc3ccc([N+](=O)[O-])cc3)n2)n1. The van der Waals surface area contributed by atoms with E-state index in [1.165, 1.54) is 24.3 Å². The van der Waals surface area contributed by atoms with Crippen LogP contribution in [0, 0.1) is 24.0 Å². The van der Waals surface area contributed by atoms with Crippen molar-refractivity contribution in [3.8, 4) is 17.6 Å². The van der Waals surface area contributed by atoms with E-state index < -0.39 is 4.92 Å². The average molecular weight is 311 g/mol.